The molecular weight excluding hydrogens is 492 g/mol. The summed E-state index contributed by atoms with van der Waals surface area (Å²) in [4.78, 5) is 31.5. The highest BCUT2D eigenvalue weighted by Gasteiger charge is 2.46. The molecule has 1 aliphatic heterocycles. The minimum atomic E-state index is -0.848. The number of carbonyl (C=O) groups is 2. The lowest BCUT2D eigenvalue weighted by Crippen LogP contribution is -2.31. The van der Waals surface area contributed by atoms with Crippen LogP contribution < -0.4 is 4.74 Å². The van der Waals surface area contributed by atoms with E-state index in [1.54, 1.807) is 30.3 Å². The predicted molar refractivity (Wildman–Crippen MR) is 151 cm³/mol. The zero-order valence-corrected chi connectivity index (χ0v) is 22.3. The lowest BCUT2D eigenvalue weighted by molar-refractivity contribution is -0.139. The number of likely N-dealkylation sites (tertiary alicyclic amines) is 1. The number of H-pyrrole nitrogens is 1. The second-order valence-electron chi connectivity index (χ2n) is 10.4. The number of rotatable bonds is 8. The predicted octanol–water partition coefficient (Wildman–Crippen LogP) is 5.88. The lowest BCUT2D eigenvalue weighted by Gasteiger charge is -2.25. The minimum Gasteiger partial charge on any atom is -0.508 e. The Hall–Kier alpha value is -4.52. The van der Waals surface area contributed by atoms with Gasteiger partial charge in [0.15, 0.2) is 0 Å². The first-order chi connectivity index (χ1) is 18.7. The average Bonchev–Trinajstić information content (AvgIpc) is 3.44. The van der Waals surface area contributed by atoms with E-state index in [0.717, 1.165) is 22.0 Å². The van der Waals surface area contributed by atoms with Gasteiger partial charge in [0.1, 0.15) is 17.3 Å². The number of ether oxygens (including phenoxy) is 1. The topological polar surface area (TPSA) is 103 Å². The average molecular weight is 525 g/mol. The van der Waals surface area contributed by atoms with Crippen LogP contribution in [0, 0.1) is 12.8 Å². The van der Waals surface area contributed by atoms with E-state index in [-0.39, 0.29) is 23.6 Å². The molecule has 1 aliphatic rings. The number of aliphatic hydroxyl groups is 1. The number of aromatic nitrogens is 1. The van der Waals surface area contributed by atoms with E-state index in [0.29, 0.717) is 35.8 Å². The van der Waals surface area contributed by atoms with Crippen molar-refractivity contribution in [1.82, 2.24) is 9.88 Å². The molecule has 2 heterocycles. The van der Waals surface area contributed by atoms with Crippen molar-refractivity contribution >= 4 is 28.4 Å². The maximum Gasteiger partial charge on any atom is 0.295 e. The van der Waals surface area contributed by atoms with Gasteiger partial charge in [-0.05, 0) is 72.4 Å². The number of hydrogen-bond donors (Lipinski definition) is 3. The Morgan fingerprint density at radius 3 is 2.59 bits per heavy atom. The number of phenols is 1. The fraction of sp³-hybridized carbons (Fsp3) is 0.250. The van der Waals surface area contributed by atoms with E-state index >= 15 is 0 Å². The summed E-state index contributed by atoms with van der Waals surface area (Å²) < 4.78 is 5.86. The van der Waals surface area contributed by atoms with Crippen LogP contribution in [0.25, 0.3) is 16.7 Å². The summed E-state index contributed by atoms with van der Waals surface area (Å²) in [7, 11) is 0. The van der Waals surface area contributed by atoms with Gasteiger partial charge in [-0.2, -0.15) is 0 Å². The number of aromatic amines is 1. The second kappa shape index (κ2) is 10.7. The highest BCUT2D eigenvalue weighted by molar-refractivity contribution is 6.46. The summed E-state index contributed by atoms with van der Waals surface area (Å²) in [6.07, 6.45) is 2.42. The van der Waals surface area contributed by atoms with Crippen molar-refractivity contribution in [2.24, 2.45) is 5.92 Å². The fourth-order valence-corrected chi connectivity index (χ4v) is 5.10. The van der Waals surface area contributed by atoms with Crippen LogP contribution in [0.2, 0.25) is 0 Å². The number of nitrogens with one attached hydrogen (secondary N) is 1. The van der Waals surface area contributed by atoms with Gasteiger partial charge in [-0.25, -0.2) is 0 Å². The molecule has 0 saturated carbocycles. The number of nitrogens with zero attached hydrogens (tertiary/aromatic N) is 1. The first-order valence-electron chi connectivity index (χ1n) is 13.1. The van der Waals surface area contributed by atoms with Crippen molar-refractivity contribution in [3.8, 4) is 11.5 Å². The van der Waals surface area contributed by atoms with Crippen LogP contribution in [0.1, 0.15) is 42.1 Å². The zero-order valence-electron chi connectivity index (χ0n) is 22.3. The van der Waals surface area contributed by atoms with Gasteiger partial charge in [0.25, 0.3) is 11.7 Å². The van der Waals surface area contributed by atoms with Gasteiger partial charge in [0.05, 0.1) is 18.2 Å². The molecular formula is C32H32N2O5. The number of Topliss-reactive ketones (excluding diaryl/α,β-unsaturated/α-hetero) is 1. The molecule has 0 bridgehead atoms. The molecule has 5 rings (SSSR count). The quantitative estimate of drug-likeness (QED) is 0.152. The van der Waals surface area contributed by atoms with Gasteiger partial charge < -0.3 is 24.8 Å². The highest BCUT2D eigenvalue weighted by atomic mass is 16.5. The van der Waals surface area contributed by atoms with Crippen LogP contribution in [-0.2, 0) is 16.0 Å². The smallest absolute Gasteiger partial charge is 0.295 e. The maximum absolute atomic E-state index is 13.4. The number of carbonyl (C=O) groups excluding carboxylic acids is 2. The van der Waals surface area contributed by atoms with Gasteiger partial charge in [-0.1, -0.05) is 44.2 Å². The van der Waals surface area contributed by atoms with Gasteiger partial charge in [0, 0.05) is 29.2 Å². The number of fused-ring (bicyclic) bond motifs is 1. The number of phenolic OH excluding ortho intramolecular Hbond substituents is 1. The van der Waals surface area contributed by atoms with Crippen molar-refractivity contribution in [3.63, 3.8) is 0 Å². The number of aryl methyl sites for hydroxylation is 1. The lowest BCUT2D eigenvalue weighted by atomic mass is 9.94. The van der Waals surface area contributed by atoms with Crippen molar-refractivity contribution in [2.75, 3.05) is 13.2 Å². The van der Waals surface area contributed by atoms with Crippen molar-refractivity contribution in [2.45, 2.75) is 33.2 Å². The Bertz CT molecular complexity index is 1580. The first-order valence-corrected chi connectivity index (χ1v) is 13.1. The summed E-state index contributed by atoms with van der Waals surface area (Å²) in [5, 5.41) is 22.7. The molecule has 0 aliphatic carbocycles. The third-order valence-corrected chi connectivity index (χ3v) is 7.04. The molecule has 1 saturated heterocycles. The van der Waals surface area contributed by atoms with Crippen LogP contribution in [0.5, 0.6) is 11.5 Å². The maximum atomic E-state index is 13.4. The number of aromatic hydroxyl groups is 1. The Labute approximate surface area is 227 Å². The Morgan fingerprint density at radius 2 is 1.85 bits per heavy atom. The zero-order chi connectivity index (χ0) is 27.7. The number of ketones is 1. The number of para-hydroxylation sites is 1. The molecule has 0 radical (unpaired) electrons. The number of hydrogen-bond acceptors (Lipinski definition) is 5. The number of aliphatic hydroxyl groups excluding tert-OH is 1. The molecule has 3 aromatic carbocycles. The van der Waals surface area contributed by atoms with Crippen molar-refractivity contribution in [1.29, 1.82) is 0 Å². The van der Waals surface area contributed by atoms with E-state index in [1.165, 1.54) is 17.0 Å². The van der Waals surface area contributed by atoms with Gasteiger partial charge in [-0.3, -0.25) is 9.59 Å². The Balaban J connectivity index is 1.53. The minimum absolute atomic E-state index is 0.000208. The van der Waals surface area contributed by atoms with Gasteiger partial charge in [0.2, 0.25) is 0 Å². The second-order valence-corrected chi connectivity index (χ2v) is 10.4. The Morgan fingerprint density at radius 1 is 1.05 bits per heavy atom. The van der Waals surface area contributed by atoms with Crippen LogP contribution in [0.4, 0.5) is 0 Å². The van der Waals surface area contributed by atoms with Crippen molar-refractivity contribution in [3.05, 3.63) is 101 Å². The SMILES string of the molecule is Cc1cc(/C(O)=C2\C(=O)C(=O)N(CCc3c[nH]c4ccccc34)C2c2cccc(O)c2)ccc1OCC(C)C. The molecule has 0 spiro atoms. The molecule has 1 atom stereocenters. The monoisotopic (exact) mass is 524 g/mol. The number of benzene rings is 3. The number of amides is 1. The molecule has 7 heteroatoms. The first kappa shape index (κ1) is 26.1. The van der Waals surface area contributed by atoms with E-state index in [9.17, 15) is 19.8 Å². The van der Waals surface area contributed by atoms with Gasteiger partial charge >= 0.3 is 0 Å². The molecule has 3 N–H and O–H groups in total. The fourth-order valence-electron chi connectivity index (χ4n) is 5.10. The molecule has 1 amide bonds. The summed E-state index contributed by atoms with van der Waals surface area (Å²) in [5.74, 6) is -0.619. The molecule has 1 fully saturated rings. The highest BCUT2D eigenvalue weighted by Crippen LogP contribution is 2.41. The Kier molecular flexibility index (Phi) is 7.15. The van der Waals surface area contributed by atoms with Crippen LogP contribution in [-0.4, -0.2) is 44.9 Å². The molecule has 4 aromatic rings. The molecule has 1 aromatic heterocycles. The summed E-state index contributed by atoms with van der Waals surface area (Å²) in [6.45, 7) is 6.82. The normalized spacial score (nSPS) is 16.9. The summed E-state index contributed by atoms with van der Waals surface area (Å²) in [5.41, 5.74) is 3.79. The van der Waals surface area contributed by atoms with E-state index < -0.39 is 17.7 Å². The third-order valence-electron chi connectivity index (χ3n) is 7.04. The molecule has 7 nitrogen and oxygen atoms in total. The van der Waals surface area contributed by atoms with E-state index in [4.69, 9.17) is 4.74 Å². The standard InChI is InChI=1S/C32H32N2O5/c1-19(2)18-39-27-12-11-22(15-20(27)3)30(36)28-29(21-7-6-8-24(35)16-21)34(32(38)31(28)37)14-13-23-17-33-26-10-5-4-9-25(23)26/h4-12,15-17,19,29,33,35-36H,13-14,18H2,1-3H3/b30-28+. The van der Waals surface area contributed by atoms with E-state index in [2.05, 4.69) is 18.8 Å². The molecule has 1 unspecified atom stereocenters. The third kappa shape index (κ3) is 5.12. The molecule has 200 valence electrons. The van der Waals surface area contributed by atoms with Crippen LogP contribution >= 0.6 is 0 Å². The van der Waals surface area contributed by atoms with E-state index in [1.807, 2.05) is 37.4 Å². The van der Waals surface area contributed by atoms with Crippen molar-refractivity contribution < 1.29 is 24.5 Å². The van der Waals surface area contributed by atoms with Crippen LogP contribution in [0.15, 0.2) is 78.5 Å². The largest absolute Gasteiger partial charge is 0.508 e. The van der Waals surface area contributed by atoms with Gasteiger partial charge in [-0.15, -0.1) is 0 Å². The summed E-state index contributed by atoms with van der Waals surface area (Å²) >= 11 is 0. The van der Waals surface area contributed by atoms with Crippen LogP contribution in [0.3, 0.4) is 0 Å². The molecule has 39 heavy (non-hydrogen) atoms. The summed E-state index contributed by atoms with van der Waals surface area (Å²) in [6, 6.07) is 18.7.